The van der Waals surface area contributed by atoms with Gasteiger partial charge < -0.3 is 10.2 Å². The Balaban J connectivity index is 1.92. The fourth-order valence-electron chi connectivity index (χ4n) is 3.75. The lowest BCUT2D eigenvalue weighted by Gasteiger charge is -2.38. The SMILES string of the molecule is C[C@@H](C(=O)NC(C)(C)C)N1CCC[C@@H](C(=O)N2CCCCCC2)C1. The molecule has 0 aromatic rings. The van der Waals surface area contributed by atoms with Gasteiger partial charge in [-0.25, -0.2) is 0 Å². The van der Waals surface area contributed by atoms with Crippen LogP contribution < -0.4 is 5.32 Å². The maximum absolute atomic E-state index is 12.9. The Hall–Kier alpha value is -1.10. The number of amides is 2. The molecule has 2 heterocycles. The first kappa shape index (κ1) is 19.2. The number of nitrogens with one attached hydrogen (secondary N) is 1. The lowest BCUT2D eigenvalue weighted by Crippen LogP contribution is -2.54. The molecule has 138 valence electrons. The molecule has 2 rings (SSSR count). The predicted molar refractivity (Wildman–Crippen MR) is 96.7 cm³/mol. The normalized spacial score (nSPS) is 25.0. The topological polar surface area (TPSA) is 52.7 Å². The summed E-state index contributed by atoms with van der Waals surface area (Å²) < 4.78 is 0. The van der Waals surface area contributed by atoms with Crippen molar-refractivity contribution >= 4 is 11.8 Å². The molecule has 2 amide bonds. The summed E-state index contributed by atoms with van der Waals surface area (Å²) in [7, 11) is 0. The minimum absolute atomic E-state index is 0.0572. The Labute approximate surface area is 147 Å². The van der Waals surface area contributed by atoms with Gasteiger partial charge in [0.2, 0.25) is 11.8 Å². The Kier molecular flexibility index (Phi) is 6.67. The summed E-state index contributed by atoms with van der Waals surface area (Å²) in [5, 5.41) is 3.06. The molecule has 5 nitrogen and oxygen atoms in total. The van der Waals surface area contributed by atoms with Crippen LogP contribution in [0.4, 0.5) is 0 Å². The summed E-state index contributed by atoms with van der Waals surface area (Å²) in [5.74, 6) is 0.428. The van der Waals surface area contributed by atoms with Gasteiger partial charge in [-0.2, -0.15) is 0 Å². The van der Waals surface area contributed by atoms with Gasteiger partial charge >= 0.3 is 0 Å². The minimum atomic E-state index is -0.220. The molecule has 0 aliphatic carbocycles. The van der Waals surface area contributed by atoms with Gasteiger partial charge in [0.15, 0.2) is 0 Å². The summed E-state index contributed by atoms with van der Waals surface area (Å²) in [5.41, 5.74) is -0.220. The molecule has 0 spiro atoms. The quantitative estimate of drug-likeness (QED) is 0.860. The Morgan fingerprint density at radius 1 is 1.00 bits per heavy atom. The molecule has 2 fully saturated rings. The first-order chi connectivity index (χ1) is 11.3. The van der Waals surface area contributed by atoms with Gasteiger partial charge in [-0.1, -0.05) is 12.8 Å². The smallest absolute Gasteiger partial charge is 0.237 e. The van der Waals surface area contributed by atoms with Crippen molar-refractivity contribution in [1.29, 1.82) is 0 Å². The number of nitrogens with zero attached hydrogens (tertiary/aromatic N) is 2. The van der Waals surface area contributed by atoms with Gasteiger partial charge in [-0.15, -0.1) is 0 Å². The average molecular weight is 338 g/mol. The fourth-order valence-corrected chi connectivity index (χ4v) is 3.75. The molecule has 0 unspecified atom stereocenters. The number of carbonyl (C=O) groups is 2. The standard InChI is InChI=1S/C19H35N3O2/c1-15(17(23)20-19(2,3)4)22-13-9-10-16(14-22)18(24)21-11-7-5-6-8-12-21/h15-16H,5-14H2,1-4H3,(H,20,23)/t15-,16+/m0/s1. The average Bonchev–Trinajstić information content (AvgIpc) is 2.81. The van der Waals surface area contributed by atoms with Gasteiger partial charge in [-0.3, -0.25) is 14.5 Å². The van der Waals surface area contributed by atoms with Crippen LogP contribution in [0.5, 0.6) is 0 Å². The minimum Gasteiger partial charge on any atom is -0.350 e. The lowest BCUT2D eigenvalue weighted by molar-refractivity contribution is -0.139. The highest BCUT2D eigenvalue weighted by Gasteiger charge is 2.33. The van der Waals surface area contributed by atoms with Crippen LogP contribution in [-0.2, 0) is 9.59 Å². The van der Waals surface area contributed by atoms with Crippen LogP contribution in [0.25, 0.3) is 0 Å². The van der Waals surface area contributed by atoms with Gasteiger partial charge in [-0.05, 0) is 59.9 Å². The maximum Gasteiger partial charge on any atom is 0.237 e. The van der Waals surface area contributed by atoms with E-state index < -0.39 is 0 Å². The van der Waals surface area contributed by atoms with Crippen molar-refractivity contribution in [1.82, 2.24) is 15.1 Å². The Morgan fingerprint density at radius 3 is 2.21 bits per heavy atom. The molecule has 0 radical (unpaired) electrons. The van der Waals surface area contributed by atoms with E-state index in [-0.39, 0.29) is 23.4 Å². The second-order valence-electron chi connectivity index (χ2n) is 8.49. The highest BCUT2D eigenvalue weighted by molar-refractivity contribution is 5.82. The second-order valence-corrected chi connectivity index (χ2v) is 8.49. The number of piperidine rings is 1. The highest BCUT2D eigenvalue weighted by Crippen LogP contribution is 2.22. The molecule has 2 atom stereocenters. The molecular formula is C19H35N3O2. The fraction of sp³-hybridized carbons (Fsp3) is 0.895. The number of rotatable bonds is 3. The molecule has 0 aromatic carbocycles. The van der Waals surface area contributed by atoms with E-state index in [4.69, 9.17) is 0 Å². The van der Waals surface area contributed by atoms with Crippen LogP contribution in [0, 0.1) is 5.92 Å². The summed E-state index contributed by atoms with van der Waals surface area (Å²) in [6.07, 6.45) is 6.70. The summed E-state index contributed by atoms with van der Waals surface area (Å²) >= 11 is 0. The first-order valence-corrected chi connectivity index (χ1v) is 9.63. The third-order valence-electron chi connectivity index (χ3n) is 5.15. The predicted octanol–water partition coefficient (Wildman–Crippen LogP) is 2.40. The maximum atomic E-state index is 12.9. The second kappa shape index (κ2) is 8.32. The Bertz CT molecular complexity index is 436. The van der Waals surface area contributed by atoms with E-state index >= 15 is 0 Å². The highest BCUT2D eigenvalue weighted by atomic mass is 16.2. The van der Waals surface area contributed by atoms with E-state index in [9.17, 15) is 9.59 Å². The van der Waals surface area contributed by atoms with Crippen LogP contribution in [0.2, 0.25) is 0 Å². The van der Waals surface area contributed by atoms with Gasteiger partial charge in [0.1, 0.15) is 0 Å². The number of hydrogen-bond acceptors (Lipinski definition) is 3. The van der Waals surface area contributed by atoms with Crippen molar-refractivity contribution in [2.24, 2.45) is 5.92 Å². The molecular weight excluding hydrogens is 302 g/mol. The van der Waals surface area contributed by atoms with Crippen molar-refractivity contribution in [3.05, 3.63) is 0 Å². The van der Waals surface area contributed by atoms with Crippen LogP contribution in [-0.4, -0.2) is 59.4 Å². The molecule has 0 bridgehead atoms. The van der Waals surface area contributed by atoms with Crippen molar-refractivity contribution in [3.63, 3.8) is 0 Å². The van der Waals surface area contributed by atoms with Crippen LogP contribution in [0.15, 0.2) is 0 Å². The molecule has 1 N–H and O–H groups in total. The van der Waals surface area contributed by atoms with Gasteiger partial charge in [0, 0.05) is 25.2 Å². The zero-order valence-electron chi connectivity index (χ0n) is 15.9. The van der Waals surface area contributed by atoms with Crippen LogP contribution in [0.3, 0.4) is 0 Å². The molecule has 2 aliphatic rings. The zero-order valence-corrected chi connectivity index (χ0v) is 15.9. The van der Waals surface area contributed by atoms with E-state index in [2.05, 4.69) is 15.1 Å². The van der Waals surface area contributed by atoms with Crippen LogP contribution >= 0.6 is 0 Å². The molecule has 2 saturated heterocycles. The number of carbonyl (C=O) groups excluding carboxylic acids is 2. The molecule has 24 heavy (non-hydrogen) atoms. The van der Waals surface area contributed by atoms with Crippen LogP contribution in [0.1, 0.15) is 66.2 Å². The number of likely N-dealkylation sites (tertiary alicyclic amines) is 2. The third kappa shape index (κ3) is 5.47. The monoisotopic (exact) mass is 337 g/mol. The largest absolute Gasteiger partial charge is 0.350 e. The van der Waals surface area contributed by atoms with E-state index in [1.54, 1.807) is 0 Å². The third-order valence-corrected chi connectivity index (χ3v) is 5.15. The van der Waals surface area contributed by atoms with E-state index in [1.807, 2.05) is 27.7 Å². The van der Waals surface area contributed by atoms with Crippen molar-refractivity contribution in [3.8, 4) is 0 Å². The summed E-state index contributed by atoms with van der Waals surface area (Å²) in [4.78, 5) is 29.6. The molecule has 2 aliphatic heterocycles. The first-order valence-electron chi connectivity index (χ1n) is 9.63. The molecule has 5 heteroatoms. The van der Waals surface area contributed by atoms with Gasteiger partial charge in [0.25, 0.3) is 0 Å². The van der Waals surface area contributed by atoms with Crippen molar-refractivity contribution in [2.45, 2.75) is 77.8 Å². The van der Waals surface area contributed by atoms with Crippen molar-refractivity contribution in [2.75, 3.05) is 26.2 Å². The summed E-state index contributed by atoms with van der Waals surface area (Å²) in [6.45, 7) is 11.4. The van der Waals surface area contributed by atoms with E-state index in [1.165, 1.54) is 12.8 Å². The van der Waals surface area contributed by atoms with E-state index in [0.29, 0.717) is 12.5 Å². The zero-order chi connectivity index (χ0) is 17.7. The van der Waals surface area contributed by atoms with Gasteiger partial charge in [0.05, 0.1) is 12.0 Å². The van der Waals surface area contributed by atoms with E-state index in [0.717, 1.165) is 45.3 Å². The lowest BCUT2D eigenvalue weighted by atomic mass is 9.95. The number of hydrogen-bond donors (Lipinski definition) is 1. The Morgan fingerprint density at radius 2 is 1.62 bits per heavy atom. The summed E-state index contributed by atoms with van der Waals surface area (Å²) in [6, 6.07) is -0.177. The molecule has 0 saturated carbocycles. The molecule has 0 aromatic heterocycles. The van der Waals surface area contributed by atoms with Crippen molar-refractivity contribution < 1.29 is 9.59 Å².